The number of likely N-dealkylation sites (N-methyl/N-ethyl adjacent to an activating group) is 1. The number of piperazine rings is 1. The third-order valence-corrected chi connectivity index (χ3v) is 4.61. The van der Waals surface area contributed by atoms with Crippen molar-refractivity contribution in [1.29, 1.82) is 0 Å². The van der Waals surface area contributed by atoms with Gasteiger partial charge in [-0.1, -0.05) is 29.3 Å². The van der Waals surface area contributed by atoms with Crippen LogP contribution in [0.5, 0.6) is 5.75 Å². The van der Waals surface area contributed by atoms with Crippen LogP contribution < -0.4 is 14.5 Å². The predicted octanol–water partition coefficient (Wildman–Crippen LogP) is -0.198. The summed E-state index contributed by atoms with van der Waals surface area (Å²) in [6.45, 7) is 7.90. The molecule has 2 rings (SSSR count). The molecular formula is C15H24Cl2N2O2+2. The molecule has 1 aliphatic heterocycles. The van der Waals surface area contributed by atoms with E-state index in [9.17, 15) is 0 Å². The quantitative estimate of drug-likeness (QED) is 0.676. The van der Waals surface area contributed by atoms with E-state index in [0.29, 0.717) is 29.0 Å². The highest BCUT2D eigenvalue weighted by molar-refractivity contribution is 6.42. The average Bonchev–Trinajstić information content (AvgIpc) is 2.49. The van der Waals surface area contributed by atoms with Gasteiger partial charge in [0.25, 0.3) is 0 Å². The fourth-order valence-corrected chi connectivity index (χ4v) is 2.75. The lowest BCUT2D eigenvalue weighted by Gasteiger charge is -2.27. The topological polar surface area (TPSA) is 27.3 Å². The lowest BCUT2D eigenvalue weighted by Crippen LogP contribution is -3.27. The van der Waals surface area contributed by atoms with Crippen molar-refractivity contribution < 1.29 is 19.3 Å². The van der Waals surface area contributed by atoms with Gasteiger partial charge < -0.3 is 19.3 Å². The number of benzene rings is 1. The minimum Gasteiger partial charge on any atom is -0.490 e. The minimum absolute atomic E-state index is 0.462. The molecule has 0 aliphatic carbocycles. The number of halogens is 2. The minimum atomic E-state index is 0.462. The second-order valence-corrected chi connectivity index (χ2v) is 6.26. The Morgan fingerprint density at radius 2 is 1.81 bits per heavy atom. The van der Waals surface area contributed by atoms with Gasteiger partial charge in [0.15, 0.2) is 0 Å². The van der Waals surface area contributed by atoms with Gasteiger partial charge >= 0.3 is 0 Å². The fourth-order valence-electron chi connectivity index (χ4n) is 2.40. The number of hydrogen-bond acceptors (Lipinski definition) is 2. The molecule has 6 heteroatoms. The Balaban J connectivity index is 1.55. The molecule has 1 aliphatic rings. The zero-order valence-corrected chi connectivity index (χ0v) is 14.0. The zero-order chi connectivity index (χ0) is 15.1. The molecule has 0 bridgehead atoms. The Morgan fingerprint density at radius 3 is 2.57 bits per heavy atom. The van der Waals surface area contributed by atoms with E-state index in [0.717, 1.165) is 13.2 Å². The lowest BCUT2D eigenvalue weighted by atomic mass is 10.3. The first kappa shape index (κ1) is 16.8. The van der Waals surface area contributed by atoms with Crippen LogP contribution in [-0.2, 0) is 4.74 Å². The summed E-state index contributed by atoms with van der Waals surface area (Å²) in [5.41, 5.74) is 0. The van der Waals surface area contributed by atoms with E-state index < -0.39 is 0 Å². The second-order valence-electron chi connectivity index (χ2n) is 5.47. The van der Waals surface area contributed by atoms with Crippen molar-refractivity contribution in [3.63, 3.8) is 0 Å². The van der Waals surface area contributed by atoms with Crippen LogP contribution in [0, 0.1) is 0 Å². The summed E-state index contributed by atoms with van der Waals surface area (Å²) in [6.07, 6.45) is 0. The summed E-state index contributed by atoms with van der Waals surface area (Å²) in [6, 6.07) is 5.38. The van der Waals surface area contributed by atoms with E-state index in [1.807, 2.05) is 12.1 Å². The molecule has 0 amide bonds. The van der Waals surface area contributed by atoms with E-state index in [4.69, 9.17) is 32.7 Å². The Morgan fingerprint density at radius 1 is 1.05 bits per heavy atom. The van der Waals surface area contributed by atoms with E-state index in [1.54, 1.807) is 15.9 Å². The summed E-state index contributed by atoms with van der Waals surface area (Å²) in [7, 11) is 2.26. The molecule has 0 unspecified atom stereocenters. The Hall–Kier alpha value is -0.520. The van der Waals surface area contributed by atoms with Crippen LogP contribution in [0.4, 0.5) is 0 Å². The molecule has 0 aromatic heterocycles. The summed E-state index contributed by atoms with van der Waals surface area (Å²) in [5, 5.41) is 0.972. The molecule has 118 valence electrons. The van der Waals surface area contributed by atoms with E-state index in [1.165, 1.54) is 26.2 Å². The molecule has 4 nitrogen and oxygen atoms in total. The number of nitrogens with one attached hydrogen (secondary N) is 2. The summed E-state index contributed by atoms with van der Waals surface area (Å²) >= 11 is 12.0. The van der Waals surface area contributed by atoms with E-state index in [-0.39, 0.29) is 0 Å². The number of hydrogen-bond donors (Lipinski definition) is 2. The molecule has 1 heterocycles. The van der Waals surface area contributed by atoms with Gasteiger partial charge in [-0.15, -0.1) is 0 Å². The number of quaternary nitrogens is 2. The second kappa shape index (κ2) is 8.81. The van der Waals surface area contributed by atoms with Crippen molar-refractivity contribution >= 4 is 23.2 Å². The zero-order valence-electron chi connectivity index (χ0n) is 12.5. The maximum absolute atomic E-state index is 6.04. The molecule has 0 spiro atoms. The molecule has 0 radical (unpaired) electrons. The largest absolute Gasteiger partial charge is 0.490 e. The van der Waals surface area contributed by atoms with Gasteiger partial charge in [0.2, 0.25) is 0 Å². The van der Waals surface area contributed by atoms with Crippen molar-refractivity contribution in [3.8, 4) is 5.75 Å². The maximum Gasteiger partial charge on any atom is 0.139 e. The highest BCUT2D eigenvalue weighted by atomic mass is 35.5. The van der Waals surface area contributed by atoms with Gasteiger partial charge in [-0.3, -0.25) is 0 Å². The van der Waals surface area contributed by atoms with Crippen molar-refractivity contribution in [2.75, 3.05) is 59.6 Å². The highest BCUT2D eigenvalue weighted by Gasteiger charge is 2.18. The van der Waals surface area contributed by atoms with Crippen LogP contribution in [0.3, 0.4) is 0 Å². The predicted molar refractivity (Wildman–Crippen MR) is 85.0 cm³/mol. The fraction of sp³-hybridized carbons (Fsp3) is 0.600. The van der Waals surface area contributed by atoms with Crippen LogP contribution in [0.25, 0.3) is 0 Å². The van der Waals surface area contributed by atoms with Gasteiger partial charge in [0, 0.05) is 0 Å². The van der Waals surface area contributed by atoms with Gasteiger partial charge in [0.05, 0.1) is 25.3 Å². The van der Waals surface area contributed by atoms with Crippen molar-refractivity contribution in [1.82, 2.24) is 0 Å². The average molecular weight is 335 g/mol. The monoisotopic (exact) mass is 334 g/mol. The first-order valence-electron chi connectivity index (χ1n) is 7.46. The van der Waals surface area contributed by atoms with Gasteiger partial charge in [-0.05, 0) is 12.1 Å². The van der Waals surface area contributed by atoms with E-state index >= 15 is 0 Å². The molecule has 1 aromatic rings. The van der Waals surface area contributed by atoms with Gasteiger partial charge in [-0.25, -0.2) is 0 Å². The molecule has 0 saturated carbocycles. The molecule has 2 N–H and O–H groups in total. The van der Waals surface area contributed by atoms with E-state index in [2.05, 4.69) is 7.05 Å². The lowest BCUT2D eigenvalue weighted by molar-refractivity contribution is -1.00. The molecular weight excluding hydrogens is 311 g/mol. The molecule has 1 aromatic carbocycles. The van der Waals surface area contributed by atoms with Crippen LogP contribution in [-0.4, -0.2) is 59.6 Å². The number of ether oxygens (including phenoxy) is 2. The van der Waals surface area contributed by atoms with Gasteiger partial charge in [0.1, 0.15) is 50.1 Å². The number of rotatable bonds is 7. The van der Waals surface area contributed by atoms with Crippen molar-refractivity contribution in [3.05, 3.63) is 28.2 Å². The molecule has 1 fully saturated rings. The third kappa shape index (κ3) is 5.64. The smallest absolute Gasteiger partial charge is 0.139 e. The molecule has 1 saturated heterocycles. The Labute approximate surface area is 136 Å². The molecule has 21 heavy (non-hydrogen) atoms. The van der Waals surface area contributed by atoms with Crippen molar-refractivity contribution in [2.45, 2.75) is 0 Å². The Kier molecular flexibility index (Phi) is 7.07. The molecule has 0 atom stereocenters. The highest BCUT2D eigenvalue weighted by Crippen LogP contribution is 2.31. The van der Waals surface area contributed by atoms with Gasteiger partial charge in [-0.2, -0.15) is 0 Å². The summed E-state index contributed by atoms with van der Waals surface area (Å²) in [4.78, 5) is 3.27. The normalized spacial score (nSPS) is 22.2. The van der Waals surface area contributed by atoms with Crippen LogP contribution in [0.2, 0.25) is 10.0 Å². The first-order chi connectivity index (χ1) is 10.2. The SMILES string of the molecule is C[NH+]1CC[NH+](CCOCCOc2cccc(Cl)c2Cl)CC1. The third-order valence-electron chi connectivity index (χ3n) is 3.81. The van der Waals surface area contributed by atoms with Crippen molar-refractivity contribution in [2.24, 2.45) is 0 Å². The Bertz CT molecular complexity index is 438. The summed E-state index contributed by atoms with van der Waals surface area (Å²) in [5.74, 6) is 0.612. The standard InChI is InChI=1S/C15H22Cl2N2O2/c1-18-5-7-19(8-6-18)9-10-20-11-12-21-14-4-2-3-13(16)15(14)17/h2-4H,5-12H2,1H3/p+2. The maximum atomic E-state index is 6.04. The van der Waals surface area contributed by atoms with Crippen LogP contribution in [0.1, 0.15) is 0 Å². The van der Waals surface area contributed by atoms with Crippen LogP contribution >= 0.6 is 23.2 Å². The summed E-state index contributed by atoms with van der Waals surface area (Å²) < 4.78 is 11.2. The van der Waals surface area contributed by atoms with Crippen LogP contribution in [0.15, 0.2) is 18.2 Å². The first-order valence-corrected chi connectivity index (χ1v) is 8.22.